The van der Waals surface area contributed by atoms with Crippen molar-refractivity contribution in [2.24, 2.45) is 0 Å². The van der Waals surface area contributed by atoms with Gasteiger partial charge < -0.3 is 10.4 Å². The van der Waals surface area contributed by atoms with Crippen molar-refractivity contribution in [2.45, 2.75) is 45.0 Å². The van der Waals surface area contributed by atoms with Gasteiger partial charge in [-0.25, -0.2) is 0 Å². The fraction of sp³-hybridized carbons (Fsp3) is 0.889. The average Bonchev–Trinajstić information content (AvgIpc) is 2.00. The molecule has 0 fully saturated rings. The highest BCUT2D eigenvalue weighted by Gasteiger charge is 2.17. The molecule has 2 N–H and O–H groups in total. The second-order valence-electron chi connectivity index (χ2n) is 3.64. The first kappa shape index (κ1) is 14.1. The van der Waals surface area contributed by atoms with Crippen LogP contribution in [-0.4, -0.2) is 34.2 Å². The SMILES string of the molecule is CC(C)NC(CSSC(C)C)C(=O)O. The molecule has 0 rings (SSSR count). The van der Waals surface area contributed by atoms with Crippen molar-refractivity contribution in [3.63, 3.8) is 0 Å². The number of carbonyl (C=O) groups is 1. The number of aliphatic carboxylic acids is 1. The highest BCUT2D eigenvalue weighted by Crippen LogP contribution is 2.26. The Morgan fingerprint density at radius 2 is 1.93 bits per heavy atom. The molecule has 0 aliphatic heterocycles. The van der Waals surface area contributed by atoms with Gasteiger partial charge in [0.15, 0.2) is 0 Å². The van der Waals surface area contributed by atoms with E-state index >= 15 is 0 Å². The molecule has 0 aliphatic carbocycles. The summed E-state index contributed by atoms with van der Waals surface area (Å²) < 4.78 is 0. The molecule has 1 atom stereocenters. The monoisotopic (exact) mass is 237 g/mol. The summed E-state index contributed by atoms with van der Waals surface area (Å²) in [6.07, 6.45) is 0. The van der Waals surface area contributed by atoms with E-state index in [0.29, 0.717) is 11.0 Å². The van der Waals surface area contributed by atoms with E-state index < -0.39 is 12.0 Å². The zero-order valence-electron chi connectivity index (χ0n) is 9.11. The van der Waals surface area contributed by atoms with Crippen LogP contribution in [0.1, 0.15) is 27.7 Å². The molecule has 0 aromatic rings. The lowest BCUT2D eigenvalue weighted by Gasteiger charge is -2.16. The van der Waals surface area contributed by atoms with Gasteiger partial charge in [0.05, 0.1) is 0 Å². The second-order valence-corrected chi connectivity index (χ2v) is 6.63. The molecular formula is C9H19NO2S2. The number of hydrogen-bond acceptors (Lipinski definition) is 4. The Morgan fingerprint density at radius 1 is 1.36 bits per heavy atom. The molecule has 0 aromatic carbocycles. The van der Waals surface area contributed by atoms with Gasteiger partial charge in [-0.2, -0.15) is 0 Å². The molecule has 0 saturated carbocycles. The largest absolute Gasteiger partial charge is 0.480 e. The van der Waals surface area contributed by atoms with Gasteiger partial charge in [0.1, 0.15) is 6.04 Å². The molecule has 0 bridgehead atoms. The van der Waals surface area contributed by atoms with E-state index in [1.54, 1.807) is 21.6 Å². The fourth-order valence-corrected chi connectivity index (χ4v) is 3.02. The van der Waals surface area contributed by atoms with Gasteiger partial charge in [-0.15, -0.1) is 0 Å². The molecule has 0 aromatic heterocycles. The minimum atomic E-state index is -0.768. The molecule has 1 unspecified atom stereocenters. The number of rotatable bonds is 7. The maximum atomic E-state index is 10.8. The van der Waals surface area contributed by atoms with Crippen molar-refractivity contribution in [3.8, 4) is 0 Å². The number of carboxylic acid groups (broad SMARTS) is 1. The molecule has 0 radical (unpaired) electrons. The fourth-order valence-electron chi connectivity index (χ4n) is 0.836. The summed E-state index contributed by atoms with van der Waals surface area (Å²) in [5.41, 5.74) is 0. The molecular weight excluding hydrogens is 218 g/mol. The molecule has 14 heavy (non-hydrogen) atoms. The van der Waals surface area contributed by atoms with E-state index in [1.807, 2.05) is 13.8 Å². The van der Waals surface area contributed by atoms with Crippen LogP contribution in [-0.2, 0) is 4.79 Å². The minimum Gasteiger partial charge on any atom is -0.480 e. The molecule has 84 valence electrons. The third-order valence-corrected chi connectivity index (χ3v) is 4.29. The van der Waals surface area contributed by atoms with Gasteiger partial charge in [0.25, 0.3) is 0 Å². The Labute approximate surface area is 93.8 Å². The number of nitrogens with one attached hydrogen (secondary N) is 1. The first-order chi connectivity index (χ1) is 6.43. The Bertz CT molecular complexity index is 174. The summed E-state index contributed by atoms with van der Waals surface area (Å²) in [6, 6.07) is -0.230. The summed E-state index contributed by atoms with van der Waals surface area (Å²) in [5, 5.41) is 12.5. The van der Waals surface area contributed by atoms with Crippen molar-refractivity contribution in [1.29, 1.82) is 0 Å². The minimum absolute atomic E-state index is 0.209. The van der Waals surface area contributed by atoms with Crippen LogP contribution >= 0.6 is 21.6 Å². The highest BCUT2D eigenvalue weighted by atomic mass is 33.1. The summed E-state index contributed by atoms with van der Waals surface area (Å²) in [7, 11) is 3.33. The van der Waals surface area contributed by atoms with Crippen LogP contribution in [0.3, 0.4) is 0 Å². The predicted octanol–water partition coefficient (Wildman–Crippen LogP) is 2.23. The van der Waals surface area contributed by atoms with Gasteiger partial charge >= 0.3 is 5.97 Å². The van der Waals surface area contributed by atoms with Crippen LogP contribution in [0.25, 0.3) is 0 Å². The van der Waals surface area contributed by atoms with E-state index in [9.17, 15) is 4.79 Å². The van der Waals surface area contributed by atoms with Crippen LogP contribution in [0.4, 0.5) is 0 Å². The summed E-state index contributed by atoms with van der Waals surface area (Å²) in [4.78, 5) is 10.8. The van der Waals surface area contributed by atoms with Crippen molar-refractivity contribution in [3.05, 3.63) is 0 Å². The Morgan fingerprint density at radius 3 is 2.29 bits per heavy atom. The first-order valence-electron chi connectivity index (χ1n) is 4.70. The van der Waals surface area contributed by atoms with Crippen molar-refractivity contribution in [1.82, 2.24) is 5.32 Å². The first-order valence-corrected chi connectivity index (χ1v) is 7.08. The van der Waals surface area contributed by atoms with Crippen molar-refractivity contribution < 1.29 is 9.90 Å². The van der Waals surface area contributed by atoms with Gasteiger partial charge in [0.2, 0.25) is 0 Å². The van der Waals surface area contributed by atoms with Crippen LogP contribution in [0.2, 0.25) is 0 Å². The Balaban J connectivity index is 3.80. The maximum Gasteiger partial charge on any atom is 0.321 e. The van der Waals surface area contributed by atoms with E-state index in [1.165, 1.54) is 0 Å². The number of hydrogen-bond donors (Lipinski definition) is 2. The molecule has 5 heteroatoms. The lowest BCUT2D eigenvalue weighted by Crippen LogP contribution is -2.42. The van der Waals surface area contributed by atoms with Gasteiger partial charge in [-0.05, 0) is 0 Å². The summed E-state index contributed by atoms with van der Waals surface area (Å²) >= 11 is 0. The lowest BCUT2D eigenvalue weighted by molar-refractivity contribution is -0.139. The Hall–Kier alpha value is 0.130. The quantitative estimate of drug-likeness (QED) is 0.665. The number of carboxylic acids is 1. The third kappa shape index (κ3) is 7.53. The maximum absolute atomic E-state index is 10.8. The third-order valence-electron chi connectivity index (χ3n) is 1.33. The van der Waals surface area contributed by atoms with Crippen LogP contribution in [0, 0.1) is 0 Å². The van der Waals surface area contributed by atoms with E-state index in [4.69, 9.17) is 5.11 Å². The van der Waals surface area contributed by atoms with E-state index in [-0.39, 0.29) is 6.04 Å². The molecule has 0 aliphatic rings. The topological polar surface area (TPSA) is 49.3 Å². The van der Waals surface area contributed by atoms with Gasteiger partial charge in [0, 0.05) is 17.0 Å². The zero-order chi connectivity index (χ0) is 11.1. The second kappa shape index (κ2) is 7.43. The van der Waals surface area contributed by atoms with Crippen LogP contribution in [0.5, 0.6) is 0 Å². The predicted molar refractivity (Wildman–Crippen MR) is 64.9 cm³/mol. The van der Waals surface area contributed by atoms with Crippen LogP contribution in [0.15, 0.2) is 0 Å². The Kier molecular flexibility index (Phi) is 7.49. The highest BCUT2D eigenvalue weighted by molar-refractivity contribution is 8.76. The zero-order valence-corrected chi connectivity index (χ0v) is 10.7. The molecule has 0 spiro atoms. The molecule has 3 nitrogen and oxygen atoms in total. The summed E-state index contributed by atoms with van der Waals surface area (Å²) in [6.45, 7) is 8.11. The van der Waals surface area contributed by atoms with Crippen molar-refractivity contribution >= 4 is 27.6 Å². The van der Waals surface area contributed by atoms with Crippen molar-refractivity contribution in [2.75, 3.05) is 5.75 Å². The van der Waals surface area contributed by atoms with Crippen LogP contribution < -0.4 is 5.32 Å². The molecule has 0 heterocycles. The lowest BCUT2D eigenvalue weighted by atomic mass is 10.3. The van der Waals surface area contributed by atoms with E-state index in [0.717, 1.165) is 0 Å². The van der Waals surface area contributed by atoms with Gasteiger partial charge in [-0.1, -0.05) is 49.3 Å². The van der Waals surface area contributed by atoms with Gasteiger partial charge in [-0.3, -0.25) is 4.79 Å². The summed E-state index contributed by atoms with van der Waals surface area (Å²) in [5.74, 6) is -0.161. The average molecular weight is 237 g/mol. The molecule has 0 saturated heterocycles. The van der Waals surface area contributed by atoms with E-state index in [2.05, 4.69) is 19.2 Å². The normalized spacial score (nSPS) is 13.6. The smallest absolute Gasteiger partial charge is 0.321 e. The standard InChI is InChI=1S/C9H19NO2S2/c1-6(2)10-8(9(11)12)5-13-14-7(3)4/h6-8,10H,5H2,1-4H3,(H,11,12). The molecule has 0 amide bonds.